The molecule has 0 amide bonds. The standard InChI is InChI=1S/C16H8Cl2N2O2S/c17-9-5-8(6-10(18)14(9)21)7-13-15(22)20-12-4-2-1-3-11(12)19-16(20)23-13/h1-7,21H/b13-7-. The molecule has 4 nitrogen and oxygen atoms in total. The van der Waals surface area contributed by atoms with Crippen molar-refractivity contribution < 1.29 is 5.11 Å². The zero-order valence-corrected chi connectivity index (χ0v) is 13.8. The van der Waals surface area contributed by atoms with Crippen LogP contribution in [0.5, 0.6) is 5.75 Å². The summed E-state index contributed by atoms with van der Waals surface area (Å²) in [6.45, 7) is 0. The first-order chi connectivity index (χ1) is 11.0. The number of hydrogen-bond donors (Lipinski definition) is 1. The maximum absolute atomic E-state index is 12.6. The lowest BCUT2D eigenvalue weighted by Gasteiger charge is -2.00. The van der Waals surface area contributed by atoms with Crippen LogP contribution in [0.1, 0.15) is 5.56 Å². The molecular weight excluding hydrogens is 355 g/mol. The normalized spacial score (nSPS) is 12.5. The quantitative estimate of drug-likeness (QED) is 0.564. The number of benzene rings is 2. The number of thiazole rings is 1. The van der Waals surface area contributed by atoms with E-state index in [-0.39, 0.29) is 21.4 Å². The molecule has 0 spiro atoms. The molecule has 4 rings (SSSR count). The summed E-state index contributed by atoms with van der Waals surface area (Å²) in [7, 11) is 0. The van der Waals surface area contributed by atoms with Gasteiger partial charge in [-0.1, -0.05) is 46.7 Å². The molecule has 0 saturated heterocycles. The monoisotopic (exact) mass is 362 g/mol. The van der Waals surface area contributed by atoms with E-state index in [1.807, 2.05) is 24.3 Å². The van der Waals surface area contributed by atoms with Gasteiger partial charge in [-0.15, -0.1) is 0 Å². The van der Waals surface area contributed by atoms with Crippen molar-refractivity contribution in [1.82, 2.24) is 9.38 Å². The molecule has 2 aromatic carbocycles. The number of aromatic hydroxyl groups is 1. The number of para-hydroxylation sites is 2. The Morgan fingerprint density at radius 2 is 1.87 bits per heavy atom. The second kappa shape index (κ2) is 5.23. The van der Waals surface area contributed by atoms with E-state index in [9.17, 15) is 9.90 Å². The average Bonchev–Trinajstić information content (AvgIpc) is 3.02. The van der Waals surface area contributed by atoms with Gasteiger partial charge in [0, 0.05) is 0 Å². The summed E-state index contributed by atoms with van der Waals surface area (Å²) in [4.78, 5) is 17.7. The van der Waals surface area contributed by atoms with Crippen molar-refractivity contribution in [2.24, 2.45) is 0 Å². The molecule has 7 heteroatoms. The first-order valence-corrected chi connectivity index (χ1v) is 8.21. The SMILES string of the molecule is O=c1/c(=C/c2cc(Cl)c(O)c(Cl)c2)sc2nc3ccccc3n12. The van der Waals surface area contributed by atoms with Gasteiger partial charge in [0.2, 0.25) is 0 Å². The van der Waals surface area contributed by atoms with Crippen LogP contribution in [0.4, 0.5) is 0 Å². The zero-order valence-electron chi connectivity index (χ0n) is 11.5. The Hall–Kier alpha value is -2.08. The molecule has 0 bridgehead atoms. The van der Waals surface area contributed by atoms with Gasteiger partial charge in [-0.25, -0.2) is 9.38 Å². The second-order valence-corrected chi connectivity index (χ2v) is 6.79. The first-order valence-electron chi connectivity index (χ1n) is 6.64. The van der Waals surface area contributed by atoms with Gasteiger partial charge in [-0.05, 0) is 35.9 Å². The molecule has 1 N–H and O–H groups in total. The van der Waals surface area contributed by atoms with Gasteiger partial charge in [0.1, 0.15) is 0 Å². The van der Waals surface area contributed by atoms with Crippen LogP contribution < -0.4 is 10.1 Å². The molecule has 0 aliphatic carbocycles. The summed E-state index contributed by atoms with van der Waals surface area (Å²) < 4.78 is 2.12. The van der Waals surface area contributed by atoms with Crippen molar-refractivity contribution in [3.63, 3.8) is 0 Å². The highest BCUT2D eigenvalue weighted by Gasteiger charge is 2.11. The fraction of sp³-hybridized carbons (Fsp3) is 0. The Labute approximate surface area is 143 Å². The van der Waals surface area contributed by atoms with Crippen molar-refractivity contribution in [2.45, 2.75) is 0 Å². The van der Waals surface area contributed by atoms with Crippen molar-refractivity contribution in [3.05, 3.63) is 66.9 Å². The Morgan fingerprint density at radius 3 is 2.61 bits per heavy atom. The smallest absolute Gasteiger partial charge is 0.274 e. The number of fused-ring (bicyclic) bond motifs is 3. The number of halogens is 2. The Bertz CT molecular complexity index is 1160. The van der Waals surface area contributed by atoms with E-state index in [1.165, 1.54) is 11.3 Å². The summed E-state index contributed by atoms with van der Waals surface area (Å²) in [5.74, 6) is -0.167. The van der Waals surface area contributed by atoms with Crippen molar-refractivity contribution >= 4 is 56.6 Å². The number of phenols is 1. The Kier molecular flexibility index (Phi) is 3.30. The molecule has 0 fully saturated rings. The van der Waals surface area contributed by atoms with Gasteiger partial charge in [-0.2, -0.15) is 0 Å². The Morgan fingerprint density at radius 1 is 1.17 bits per heavy atom. The highest BCUT2D eigenvalue weighted by atomic mass is 35.5. The lowest BCUT2D eigenvalue weighted by atomic mass is 10.2. The highest BCUT2D eigenvalue weighted by Crippen LogP contribution is 2.32. The molecule has 0 aliphatic rings. The third-order valence-corrected chi connectivity index (χ3v) is 5.03. The van der Waals surface area contributed by atoms with Gasteiger partial charge < -0.3 is 5.11 Å². The third-order valence-electron chi connectivity index (χ3n) is 3.48. The van der Waals surface area contributed by atoms with E-state index in [0.29, 0.717) is 15.1 Å². The molecule has 0 radical (unpaired) electrons. The van der Waals surface area contributed by atoms with E-state index in [1.54, 1.807) is 22.6 Å². The minimum Gasteiger partial charge on any atom is -0.505 e. The fourth-order valence-corrected chi connectivity index (χ4v) is 3.92. The van der Waals surface area contributed by atoms with E-state index in [4.69, 9.17) is 23.2 Å². The van der Waals surface area contributed by atoms with Crippen LogP contribution in [0.3, 0.4) is 0 Å². The van der Waals surface area contributed by atoms with Crippen molar-refractivity contribution in [2.75, 3.05) is 0 Å². The summed E-state index contributed by atoms with van der Waals surface area (Å²) in [5.41, 5.74) is 2.08. The molecule has 23 heavy (non-hydrogen) atoms. The third kappa shape index (κ3) is 2.28. The van der Waals surface area contributed by atoms with Crippen molar-refractivity contribution in [3.8, 4) is 5.75 Å². The summed E-state index contributed by atoms with van der Waals surface area (Å²) in [6, 6.07) is 10.6. The number of phenolic OH excluding ortho intramolecular Hbond substituents is 1. The molecule has 0 saturated carbocycles. The highest BCUT2D eigenvalue weighted by molar-refractivity contribution is 7.15. The molecule has 0 aliphatic heterocycles. The molecule has 114 valence electrons. The molecule has 2 aromatic heterocycles. The van der Waals surface area contributed by atoms with Gasteiger partial charge in [0.05, 0.1) is 25.6 Å². The van der Waals surface area contributed by atoms with Crippen LogP contribution in [0.25, 0.3) is 22.1 Å². The predicted octanol–water partition coefficient (Wildman–Crippen LogP) is 3.47. The molecular formula is C16H8Cl2N2O2S. The maximum atomic E-state index is 12.6. The first kappa shape index (κ1) is 14.5. The number of hydrogen-bond acceptors (Lipinski definition) is 4. The fourth-order valence-electron chi connectivity index (χ4n) is 2.43. The van der Waals surface area contributed by atoms with Gasteiger partial charge in [0.15, 0.2) is 10.7 Å². The Balaban J connectivity index is 1.99. The molecule has 0 atom stereocenters. The van der Waals surface area contributed by atoms with Crippen LogP contribution in [0.15, 0.2) is 41.2 Å². The van der Waals surface area contributed by atoms with E-state index in [0.717, 1.165) is 11.0 Å². The number of aromatic nitrogens is 2. The minimum atomic E-state index is -0.167. The van der Waals surface area contributed by atoms with Crippen LogP contribution >= 0.6 is 34.5 Å². The van der Waals surface area contributed by atoms with Crippen LogP contribution in [-0.4, -0.2) is 14.5 Å². The van der Waals surface area contributed by atoms with E-state index >= 15 is 0 Å². The zero-order chi connectivity index (χ0) is 16.1. The average molecular weight is 363 g/mol. The van der Waals surface area contributed by atoms with Crippen LogP contribution in [0.2, 0.25) is 10.0 Å². The molecule has 4 aromatic rings. The van der Waals surface area contributed by atoms with Crippen LogP contribution in [-0.2, 0) is 0 Å². The lowest BCUT2D eigenvalue weighted by Crippen LogP contribution is -2.22. The topological polar surface area (TPSA) is 54.6 Å². The number of nitrogens with zero attached hydrogens (tertiary/aromatic N) is 2. The van der Waals surface area contributed by atoms with Gasteiger partial charge in [0.25, 0.3) is 5.56 Å². The second-order valence-electron chi connectivity index (χ2n) is 4.97. The summed E-state index contributed by atoms with van der Waals surface area (Å²) >= 11 is 13.1. The summed E-state index contributed by atoms with van der Waals surface area (Å²) in [6.07, 6.45) is 1.69. The maximum Gasteiger partial charge on any atom is 0.274 e. The number of rotatable bonds is 1. The molecule has 2 heterocycles. The number of imidazole rings is 1. The minimum absolute atomic E-state index is 0.140. The molecule has 0 unspecified atom stereocenters. The van der Waals surface area contributed by atoms with E-state index in [2.05, 4.69) is 4.98 Å². The lowest BCUT2D eigenvalue weighted by molar-refractivity contribution is 0.476. The largest absolute Gasteiger partial charge is 0.505 e. The van der Waals surface area contributed by atoms with Crippen molar-refractivity contribution in [1.29, 1.82) is 0 Å². The van der Waals surface area contributed by atoms with Gasteiger partial charge in [-0.3, -0.25) is 4.79 Å². The van der Waals surface area contributed by atoms with Crippen LogP contribution in [0, 0.1) is 0 Å². The van der Waals surface area contributed by atoms with Gasteiger partial charge >= 0.3 is 0 Å². The van der Waals surface area contributed by atoms with E-state index < -0.39 is 0 Å². The predicted molar refractivity (Wildman–Crippen MR) is 93.8 cm³/mol. The summed E-state index contributed by atoms with van der Waals surface area (Å²) in [5, 5.41) is 9.88.